The lowest BCUT2D eigenvalue weighted by atomic mass is 10.1. The van der Waals surface area contributed by atoms with Gasteiger partial charge < -0.3 is 10.6 Å². The first kappa shape index (κ1) is 12.1. The van der Waals surface area contributed by atoms with Crippen molar-refractivity contribution in [1.82, 2.24) is 0 Å². The third-order valence-electron chi connectivity index (χ3n) is 3.54. The molecule has 0 aliphatic carbocycles. The van der Waals surface area contributed by atoms with Crippen LogP contribution < -0.4 is 10.6 Å². The van der Waals surface area contributed by atoms with E-state index in [1.54, 1.807) is 12.1 Å². The smallest absolute Gasteiger partial charge is 0.182 e. The van der Waals surface area contributed by atoms with Gasteiger partial charge in [0.1, 0.15) is 0 Å². The standard InChI is InChI=1S/C15H14F2N2/c16-14-10(7-18)5-6-13(15(14)17)19-8-11-3-1-2-4-12(11)9-19/h1-6H,7-9,18H2. The van der Waals surface area contributed by atoms with Gasteiger partial charge in [0.05, 0.1) is 5.69 Å². The molecule has 2 N–H and O–H groups in total. The Morgan fingerprint density at radius 1 is 0.947 bits per heavy atom. The molecular formula is C15H14F2N2. The molecule has 0 saturated heterocycles. The molecule has 0 bridgehead atoms. The van der Waals surface area contributed by atoms with Gasteiger partial charge in [-0.25, -0.2) is 8.78 Å². The highest BCUT2D eigenvalue weighted by atomic mass is 19.2. The molecule has 0 aromatic heterocycles. The summed E-state index contributed by atoms with van der Waals surface area (Å²) in [5.41, 5.74) is 8.19. The van der Waals surface area contributed by atoms with Gasteiger partial charge in [0.2, 0.25) is 0 Å². The average Bonchev–Trinajstić information content (AvgIpc) is 2.85. The number of halogens is 2. The zero-order valence-corrected chi connectivity index (χ0v) is 10.4. The molecule has 1 aliphatic rings. The van der Waals surface area contributed by atoms with Gasteiger partial charge >= 0.3 is 0 Å². The second kappa shape index (κ2) is 4.63. The van der Waals surface area contributed by atoms with Crippen LogP contribution in [0, 0.1) is 11.6 Å². The molecule has 2 aromatic carbocycles. The quantitative estimate of drug-likeness (QED) is 0.899. The monoisotopic (exact) mass is 260 g/mol. The first-order chi connectivity index (χ1) is 9.20. The summed E-state index contributed by atoms with van der Waals surface area (Å²) in [5, 5.41) is 0. The Morgan fingerprint density at radius 2 is 1.58 bits per heavy atom. The molecule has 0 saturated carbocycles. The molecule has 2 nitrogen and oxygen atoms in total. The van der Waals surface area contributed by atoms with Crippen molar-refractivity contribution in [3.05, 3.63) is 64.7 Å². The SMILES string of the molecule is NCc1ccc(N2Cc3ccccc3C2)c(F)c1F. The van der Waals surface area contributed by atoms with Gasteiger partial charge in [-0.3, -0.25) is 0 Å². The third kappa shape index (κ3) is 1.98. The number of nitrogens with zero attached hydrogens (tertiary/aromatic N) is 1. The molecule has 0 radical (unpaired) electrons. The highest BCUT2D eigenvalue weighted by Gasteiger charge is 2.23. The lowest BCUT2D eigenvalue weighted by Gasteiger charge is -2.19. The Balaban J connectivity index is 1.96. The van der Waals surface area contributed by atoms with Crippen molar-refractivity contribution in [2.45, 2.75) is 19.6 Å². The molecule has 0 fully saturated rings. The van der Waals surface area contributed by atoms with Gasteiger partial charge in [0, 0.05) is 25.2 Å². The van der Waals surface area contributed by atoms with E-state index in [0.717, 1.165) is 11.1 Å². The van der Waals surface area contributed by atoms with Crippen molar-refractivity contribution in [3.63, 3.8) is 0 Å². The first-order valence-corrected chi connectivity index (χ1v) is 6.19. The van der Waals surface area contributed by atoms with Crippen molar-refractivity contribution >= 4 is 5.69 Å². The van der Waals surface area contributed by atoms with Crippen LogP contribution in [0.15, 0.2) is 36.4 Å². The van der Waals surface area contributed by atoms with Crippen LogP contribution in [-0.2, 0) is 19.6 Å². The lowest BCUT2D eigenvalue weighted by Crippen LogP contribution is -2.17. The number of rotatable bonds is 2. The van der Waals surface area contributed by atoms with Crippen LogP contribution in [0.2, 0.25) is 0 Å². The molecule has 0 amide bonds. The van der Waals surface area contributed by atoms with Crippen molar-refractivity contribution in [2.24, 2.45) is 5.73 Å². The molecule has 4 heteroatoms. The second-order valence-corrected chi connectivity index (χ2v) is 4.70. The normalized spacial score (nSPS) is 13.7. The summed E-state index contributed by atoms with van der Waals surface area (Å²) in [6.45, 7) is 1.21. The average molecular weight is 260 g/mol. The molecular weight excluding hydrogens is 246 g/mol. The van der Waals surface area contributed by atoms with E-state index in [4.69, 9.17) is 5.73 Å². The molecule has 19 heavy (non-hydrogen) atoms. The number of nitrogens with two attached hydrogens (primary N) is 1. The molecule has 1 aliphatic heterocycles. The number of anilines is 1. The van der Waals surface area contributed by atoms with E-state index < -0.39 is 11.6 Å². The topological polar surface area (TPSA) is 29.3 Å². The van der Waals surface area contributed by atoms with Crippen molar-refractivity contribution < 1.29 is 8.78 Å². The van der Waals surface area contributed by atoms with Gasteiger partial charge in [-0.1, -0.05) is 30.3 Å². The van der Waals surface area contributed by atoms with Crippen LogP contribution in [0.3, 0.4) is 0 Å². The Morgan fingerprint density at radius 3 is 2.16 bits per heavy atom. The van der Waals surface area contributed by atoms with Crippen molar-refractivity contribution in [3.8, 4) is 0 Å². The molecule has 2 aromatic rings. The number of benzene rings is 2. The summed E-state index contributed by atoms with van der Waals surface area (Å²) in [7, 11) is 0. The highest BCUT2D eigenvalue weighted by Crippen LogP contribution is 2.31. The molecule has 3 rings (SSSR count). The van der Waals surface area contributed by atoms with Gasteiger partial charge in [-0.2, -0.15) is 0 Å². The van der Waals surface area contributed by atoms with Gasteiger partial charge in [0.25, 0.3) is 0 Å². The molecule has 0 spiro atoms. The minimum Gasteiger partial charge on any atom is -0.360 e. The second-order valence-electron chi connectivity index (χ2n) is 4.70. The van der Waals surface area contributed by atoms with E-state index in [2.05, 4.69) is 0 Å². The van der Waals surface area contributed by atoms with E-state index in [1.807, 2.05) is 29.2 Å². The van der Waals surface area contributed by atoms with Gasteiger partial charge in [-0.05, 0) is 17.2 Å². The molecule has 98 valence electrons. The van der Waals surface area contributed by atoms with Crippen LogP contribution in [0.4, 0.5) is 14.5 Å². The van der Waals surface area contributed by atoms with E-state index in [0.29, 0.717) is 18.8 Å². The molecule has 1 heterocycles. The van der Waals surface area contributed by atoms with Crippen LogP contribution in [0.25, 0.3) is 0 Å². The maximum Gasteiger partial charge on any atom is 0.182 e. The molecule has 0 atom stereocenters. The fourth-order valence-electron chi connectivity index (χ4n) is 2.48. The largest absolute Gasteiger partial charge is 0.360 e. The first-order valence-electron chi connectivity index (χ1n) is 6.19. The van der Waals surface area contributed by atoms with Crippen LogP contribution in [-0.4, -0.2) is 0 Å². The van der Waals surface area contributed by atoms with Crippen LogP contribution >= 0.6 is 0 Å². The lowest BCUT2D eigenvalue weighted by molar-refractivity contribution is 0.497. The summed E-state index contributed by atoms with van der Waals surface area (Å²) in [4.78, 5) is 1.84. The number of hydrogen-bond acceptors (Lipinski definition) is 2. The third-order valence-corrected chi connectivity index (χ3v) is 3.54. The minimum absolute atomic E-state index is 0.00323. The fourth-order valence-corrected chi connectivity index (χ4v) is 2.48. The number of hydrogen-bond donors (Lipinski definition) is 1. The summed E-state index contributed by atoms with van der Waals surface area (Å²) >= 11 is 0. The summed E-state index contributed by atoms with van der Waals surface area (Å²) in [6, 6.07) is 11.1. The fraction of sp³-hybridized carbons (Fsp3) is 0.200. The van der Waals surface area contributed by atoms with Crippen molar-refractivity contribution in [2.75, 3.05) is 4.90 Å². The van der Waals surface area contributed by atoms with E-state index in [9.17, 15) is 8.78 Å². The maximum absolute atomic E-state index is 14.1. The predicted octanol–water partition coefficient (Wildman–Crippen LogP) is 2.94. The Labute approximate surface area is 110 Å². The Hall–Kier alpha value is -1.94. The Bertz CT molecular complexity index is 601. The van der Waals surface area contributed by atoms with E-state index >= 15 is 0 Å². The maximum atomic E-state index is 14.1. The van der Waals surface area contributed by atoms with Gasteiger partial charge in [-0.15, -0.1) is 0 Å². The highest BCUT2D eigenvalue weighted by molar-refractivity contribution is 5.54. The van der Waals surface area contributed by atoms with Crippen LogP contribution in [0.5, 0.6) is 0 Å². The van der Waals surface area contributed by atoms with Crippen molar-refractivity contribution in [1.29, 1.82) is 0 Å². The van der Waals surface area contributed by atoms with Gasteiger partial charge in [0.15, 0.2) is 11.6 Å². The van der Waals surface area contributed by atoms with Crippen LogP contribution in [0.1, 0.15) is 16.7 Å². The summed E-state index contributed by atoms with van der Waals surface area (Å²) in [6.07, 6.45) is 0. The predicted molar refractivity (Wildman–Crippen MR) is 70.6 cm³/mol. The zero-order valence-electron chi connectivity index (χ0n) is 10.4. The number of fused-ring (bicyclic) bond motifs is 1. The molecule has 0 unspecified atom stereocenters. The summed E-state index contributed by atoms with van der Waals surface area (Å²) in [5.74, 6) is -1.65. The Kier molecular flexibility index (Phi) is 2.95. The zero-order chi connectivity index (χ0) is 13.4. The van der Waals surface area contributed by atoms with E-state index in [1.165, 1.54) is 0 Å². The minimum atomic E-state index is -0.837. The van der Waals surface area contributed by atoms with E-state index in [-0.39, 0.29) is 12.1 Å². The summed E-state index contributed by atoms with van der Waals surface area (Å²) < 4.78 is 27.8.